The highest BCUT2D eigenvalue weighted by Gasteiger charge is 2.25. The van der Waals surface area contributed by atoms with Gasteiger partial charge in [-0.2, -0.15) is 20.5 Å². The topological polar surface area (TPSA) is 200 Å². The Morgan fingerprint density at radius 3 is 1.08 bits per heavy atom. The van der Waals surface area contributed by atoms with Gasteiger partial charge >= 0.3 is 0 Å². The third kappa shape index (κ3) is 12.8. The average molecular weight is 917 g/mol. The molecule has 62 heavy (non-hydrogen) atoms. The van der Waals surface area contributed by atoms with Gasteiger partial charge < -0.3 is 21.3 Å². The van der Waals surface area contributed by atoms with Crippen LogP contribution in [0.1, 0.15) is 70.3 Å². The van der Waals surface area contributed by atoms with Crippen molar-refractivity contribution in [1.82, 2.24) is 0 Å². The SMILES string of the molecule is CC(=O)C(N=Nc1cc(C(=O)Nc2ccc(C(C)Cl)cc2)ccc1Cl)C(=O)Nc1ccc(NC(=O)C(N=Nc2cc(C(=O)Nc3ccc(C(C)Cl)cc3)ccc2Cl)C(C)=O)cc1. The van der Waals surface area contributed by atoms with E-state index in [9.17, 15) is 28.8 Å². The number of azo groups is 2. The van der Waals surface area contributed by atoms with Crippen molar-refractivity contribution < 1.29 is 28.8 Å². The van der Waals surface area contributed by atoms with E-state index in [2.05, 4.69) is 41.7 Å². The molecule has 18 heteroatoms. The molecule has 4 amide bonds. The summed E-state index contributed by atoms with van der Waals surface area (Å²) in [7, 11) is 0. The lowest BCUT2D eigenvalue weighted by Gasteiger charge is -2.12. The van der Waals surface area contributed by atoms with Crippen molar-refractivity contribution in [2.75, 3.05) is 21.3 Å². The largest absolute Gasteiger partial charge is 0.324 e. The van der Waals surface area contributed by atoms with Crippen LogP contribution in [0.4, 0.5) is 34.1 Å². The molecule has 0 saturated carbocycles. The summed E-state index contributed by atoms with van der Waals surface area (Å²) in [5.74, 6) is -3.79. The summed E-state index contributed by atoms with van der Waals surface area (Å²) in [5, 5.41) is 26.5. The van der Waals surface area contributed by atoms with Gasteiger partial charge in [-0.05, 0) is 124 Å². The number of ketones is 2. The summed E-state index contributed by atoms with van der Waals surface area (Å²) in [6, 6.07) is 25.3. The Labute approximate surface area is 376 Å². The molecule has 0 bridgehead atoms. The van der Waals surface area contributed by atoms with Crippen LogP contribution < -0.4 is 21.3 Å². The van der Waals surface area contributed by atoms with Crippen molar-refractivity contribution in [3.8, 4) is 0 Å². The highest BCUT2D eigenvalue weighted by Crippen LogP contribution is 2.30. The van der Waals surface area contributed by atoms with Crippen molar-refractivity contribution in [3.05, 3.63) is 141 Å². The second-order valence-electron chi connectivity index (χ2n) is 13.7. The molecule has 0 saturated heterocycles. The van der Waals surface area contributed by atoms with Gasteiger partial charge in [-0.25, -0.2) is 0 Å². The van der Waals surface area contributed by atoms with Crippen molar-refractivity contribution in [1.29, 1.82) is 0 Å². The fourth-order valence-electron chi connectivity index (χ4n) is 5.47. The second-order valence-corrected chi connectivity index (χ2v) is 15.9. The molecular formula is C44H38Cl4N8O6. The Balaban J connectivity index is 1.20. The van der Waals surface area contributed by atoms with Crippen LogP contribution in [0.5, 0.6) is 0 Å². The molecule has 5 rings (SSSR count). The summed E-state index contributed by atoms with van der Waals surface area (Å²) >= 11 is 24.8. The van der Waals surface area contributed by atoms with Gasteiger partial charge in [-0.3, -0.25) is 28.8 Å². The number of hydrogen-bond acceptors (Lipinski definition) is 10. The van der Waals surface area contributed by atoms with Crippen LogP contribution in [0, 0.1) is 0 Å². The summed E-state index contributed by atoms with van der Waals surface area (Å²) < 4.78 is 0. The van der Waals surface area contributed by atoms with E-state index in [1.165, 1.54) is 60.7 Å². The maximum atomic E-state index is 13.2. The minimum atomic E-state index is -1.58. The lowest BCUT2D eigenvalue weighted by Crippen LogP contribution is -2.32. The predicted octanol–water partition coefficient (Wildman–Crippen LogP) is 11.5. The highest BCUT2D eigenvalue weighted by molar-refractivity contribution is 6.33. The molecule has 318 valence electrons. The first kappa shape index (κ1) is 46.7. The van der Waals surface area contributed by atoms with E-state index in [0.29, 0.717) is 11.4 Å². The summed E-state index contributed by atoms with van der Waals surface area (Å²) in [4.78, 5) is 77.2. The molecule has 4 unspecified atom stereocenters. The molecule has 0 heterocycles. The third-order valence-corrected chi connectivity index (χ3v) is 10.1. The minimum absolute atomic E-state index is 0.0489. The lowest BCUT2D eigenvalue weighted by atomic mass is 10.1. The number of hydrogen-bond donors (Lipinski definition) is 4. The maximum Gasteiger partial charge on any atom is 0.258 e. The van der Waals surface area contributed by atoms with Gasteiger partial charge in [0.25, 0.3) is 23.6 Å². The quantitative estimate of drug-likeness (QED) is 0.0431. The fourth-order valence-corrected chi connectivity index (χ4v) is 6.07. The molecule has 0 radical (unpaired) electrons. The number of amides is 4. The molecule has 5 aromatic rings. The Hall–Kier alpha value is -6.32. The van der Waals surface area contributed by atoms with Gasteiger partial charge in [0.1, 0.15) is 11.4 Å². The number of carbonyl (C=O) groups is 6. The van der Waals surface area contributed by atoms with Gasteiger partial charge in [0, 0.05) is 33.9 Å². The summed E-state index contributed by atoms with van der Waals surface area (Å²) in [6.07, 6.45) is 0. The van der Waals surface area contributed by atoms with E-state index in [1.54, 1.807) is 48.5 Å². The van der Waals surface area contributed by atoms with Crippen LogP contribution in [0.3, 0.4) is 0 Å². The Morgan fingerprint density at radius 2 is 0.774 bits per heavy atom. The number of benzene rings is 5. The molecule has 14 nitrogen and oxygen atoms in total. The normalized spacial score (nSPS) is 13.2. The van der Waals surface area contributed by atoms with Crippen LogP contribution in [-0.4, -0.2) is 47.3 Å². The first-order chi connectivity index (χ1) is 29.5. The molecular weight excluding hydrogens is 878 g/mol. The molecule has 5 aromatic carbocycles. The number of carbonyl (C=O) groups excluding carboxylic acids is 6. The van der Waals surface area contributed by atoms with Crippen LogP contribution in [0.15, 0.2) is 130 Å². The predicted molar refractivity (Wildman–Crippen MR) is 242 cm³/mol. The highest BCUT2D eigenvalue weighted by atomic mass is 35.5. The van der Waals surface area contributed by atoms with Crippen molar-refractivity contribution in [3.63, 3.8) is 0 Å². The van der Waals surface area contributed by atoms with E-state index >= 15 is 0 Å². The lowest BCUT2D eigenvalue weighted by molar-refractivity contribution is -0.127. The molecule has 0 spiro atoms. The molecule has 0 aromatic heterocycles. The van der Waals surface area contributed by atoms with E-state index in [4.69, 9.17) is 46.4 Å². The fraction of sp³-hybridized carbons (Fsp3) is 0.182. The number of Topliss-reactive ketones (excluding diaryl/α,β-unsaturated/α-hetero) is 2. The Kier molecular flexibility index (Phi) is 16.2. The first-order valence-corrected chi connectivity index (χ1v) is 20.4. The average Bonchev–Trinajstić information content (AvgIpc) is 3.23. The number of alkyl halides is 2. The molecule has 0 aliphatic carbocycles. The number of nitrogens with one attached hydrogen (secondary N) is 4. The smallest absolute Gasteiger partial charge is 0.258 e. The van der Waals surface area contributed by atoms with Crippen LogP contribution in [0.25, 0.3) is 0 Å². The van der Waals surface area contributed by atoms with Crippen LogP contribution in [-0.2, 0) is 19.2 Å². The van der Waals surface area contributed by atoms with E-state index in [1.807, 2.05) is 13.8 Å². The molecule has 0 aliphatic rings. The van der Waals surface area contributed by atoms with Crippen molar-refractivity contribution >= 4 is 116 Å². The zero-order valence-corrected chi connectivity index (χ0v) is 36.5. The molecule has 0 fully saturated rings. The molecule has 4 atom stereocenters. The zero-order chi connectivity index (χ0) is 45.1. The van der Waals surface area contributed by atoms with Crippen molar-refractivity contribution in [2.45, 2.75) is 50.5 Å². The Morgan fingerprint density at radius 1 is 0.468 bits per heavy atom. The summed E-state index contributed by atoms with van der Waals surface area (Å²) in [5.41, 5.74) is 3.83. The van der Waals surface area contributed by atoms with Gasteiger partial charge in [-0.15, -0.1) is 23.2 Å². The van der Waals surface area contributed by atoms with E-state index in [0.717, 1.165) is 25.0 Å². The van der Waals surface area contributed by atoms with Crippen LogP contribution in [0.2, 0.25) is 10.0 Å². The van der Waals surface area contributed by atoms with Gasteiger partial charge in [0.2, 0.25) is 12.1 Å². The number of anilines is 4. The molecule has 4 N–H and O–H groups in total. The minimum Gasteiger partial charge on any atom is -0.324 e. The molecule has 0 aliphatic heterocycles. The third-order valence-electron chi connectivity index (χ3n) is 8.92. The van der Waals surface area contributed by atoms with Gasteiger partial charge in [0.05, 0.1) is 20.8 Å². The van der Waals surface area contributed by atoms with E-state index in [-0.39, 0.29) is 54.7 Å². The number of nitrogens with zero attached hydrogens (tertiary/aromatic N) is 4. The summed E-state index contributed by atoms with van der Waals surface area (Å²) in [6.45, 7) is 6.00. The monoisotopic (exact) mass is 914 g/mol. The zero-order valence-electron chi connectivity index (χ0n) is 33.5. The Bertz CT molecular complexity index is 2370. The van der Waals surface area contributed by atoms with Crippen LogP contribution >= 0.6 is 46.4 Å². The van der Waals surface area contributed by atoms with E-state index < -0.39 is 47.3 Å². The number of halogens is 4. The van der Waals surface area contributed by atoms with Gasteiger partial charge in [-0.1, -0.05) is 47.5 Å². The van der Waals surface area contributed by atoms with Crippen molar-refractivity contribution in [2.24, 2.45) is 20.5 Å². The maximum absolute atomic E-state index is 13.2. The van der Waals surface area contributed by atoms with Gasteiger partial charge in [0.15, 0.2) is 11.6 Å². The second kappa shape index (κ2) is 21.5. The number of rotatable bonds is 16. The standard InChI is InChI=1S/C44H38Cl4N8O6/c1-23(45)27-5-11-31(12-6-27)49-41(59)29-9-19-35(47)37(21-29)53-55-39(25(3)57)43(61)51-33-15-17-34(18-16-33)52-44(62)40(26(4)58)56-54-38-22-30(10-20-36(38)48)42(60)50-32-13-7-28(8-14-32)24(2)46/h5-24,39-40H,1-4H3,(H,49,59)(H,50,60)(H,51,61)(H,52,62). The first-order valence-electron chi connectivity index (χ1n) is 18.7.